The van der Waals surface area contributed by atoms with Crippen molar-refractivity contribution >= 4 is 22.7 Å². The van der Waals surface area contributed by atoms with Gasteiger partial charge in [-0.3, -0.25) is 9.69 Å². The zero-order valence-corrected chi connectivity index (χ0v) is 18.7. The van der Waals surface area contributed by atoms with Gasteiger partial charge in [-0.25, -0.2) is 9.18 Å². The minimum atomic E-state index is -0.317. The normalized spacial score (nSPS) is 19.5. The van der Waals surface area contributed by atoms with Gasteiger partial charge in [0.1, 0.15) is 11.9 Å². The van der Waals surface area contributed by atoms with Crippen molar-refractivity contribution in [1.82, 2.24) is 9.88 Å². The molecule has 1 N–H and O–H groups in total. The minimum absolute atomic E-state index is 0.0995. The number of aromatic nitrogens is 1. The summed E-state index contributed by atoms with van der Waals surface area (Å²) in [7, 11) is 0. The van der Waals surface area contributed by atoms with Crippen LogP contribution in [0.5, 0.6) is 0 Å². The van der Waals surface area contributed by atoms with Crippen LogP contribution in [-0.2, 0) is 17.7 Å². The first-order chi connectivity index (χ1) is 16.0. The van der Waals surface area contributed by atoms with E-state index in [0.29, 0.717) is 43.7 Å². The Labute approximate surface area is 192 Å². The molecule has 0 unspecified atom stereocenters. The van der Waals surface area contributed by atoms with Crippen molar-refractivity contribution in [1.29, 1.82) is 0 Å². The number of nitrogens with zero attached hydrogens (tertiary/aromatic N) is 2. The number of carbonyl (C=O) groups excluding carboxylic acids is 1. The molecule has 5 rings (SSSR count). The van der Waals surface area contributed by atoms with E-state index >= 15 is 0 Å². The Bertz CT molecular complexity index is 1240. The Balaban J connectivity index is 1.16. The van der Waals surface area contributed by atoms with Gasteiger partial charge >= 0.3 is 6.09 Å². The maximum absolute atomic E-state index is 14.6. The van der Waals surface area contributed by atoms with Crippen molar-refractivity contribution < 1.29 is 13.9 Å². The zero-order valence-electron chi connectivity index (χ0n) is 18.7. The lowest BCUT2D eigenvalue weighted by Gasteiger charge is -2.15. The maximum atomic E-state index is 14.6. The van der Waals surface area contributed by atoms with Crippen LogP contribution >= 0.6 is 0 Å². The van der Waals surface area contributed by atoms with Crippen molar-refractivity contribution in [2.75, 3.05) is 24.5 Å². The molecule has 6 nitrogen and oxygen atoms in total. The molecule has 1 amide bonds. The van der Waals surface area contributed by atoms with Gasteiger partial charge in [0, 0.05) is 36.3 Å². The molecule has 33 heavy (non-hydrogen) atoms. The number of aryl methyl sites for hydroxylation is 1. The maximum Gasteiger partial charge on any atom is 0.414 e. The summed E-state index contributed by atoms with van der Waals surface area (Å²) >= 11 is 0. The molecule has 3 heterocycles. The summed E-state index contributed by atoms with van der Waals surface area (Å²) in [5.41, 5.74) is 3.34. The van der Waals surface area contributed by atoms with Gasteiger partial charge in [-0.2, -0.15) is 0 Å². The molecule has 2 atom stereocenters. The molecule has 2 aliphatic rings. The van der Waals surface area contributed by atoms with E-state index in [1.54, 1.807) is 21.6 Å². The third kappa shape index (κ3) is 4.13. The van der Waals surface area contributed by atoms with Crippen LogP contribution in [0.25, 0.3) is 10.9 Å². The highest BCUT2D eigenvalue weighted by Crippen LogP contribution is 2.34. The van der Waals surface area contributed by atoms with Gasteiger partial charge in [-0.1, -0.05) is 25.5 Å². The minimum Gasteiger partial charge on any atom is -0.444 e. The molecule has 2 aromatic carbocycles. The first-order valence-electron chi connectivity index (χ1n) is 11.6. The average Bonchev–Trinajstić information content (AvgIpc) is 3.38. The van der Waals surface area contributed by atoms with E-state index < -0.39 is 0 Å². The molecular formula is C26H28FN3O3. The van der Waals surface area contributed by atoms with E-state index in [1.165, 1.54) is 17.7 Å². The highest BCUT2D eigenvalue weighted by Gasteiger charge is 2.32. The summed E-state index contributed by atoms with van der Waals surface area (Å²) < 4.78 is 21.8. The van der Waals surface area contributed by atoms with Gasteiger partial charge in [0.15, 0.2) is 0 Å². The Morgan fingerprint density at radius 3 is 2.64 bits per heavy atom. The number of anilines is 1. The van der Waals surface area contributed by atoms with E-state index in [9.17, 15) is 14.0 Å². The quantitative estimate of drug-likeness (QED) is 0.524. The zero-order chi connectivity index (χ0) is 22.9. The number of halogens is 1. The van der Waals surface area contributed by atoms with Crippen LogP contribution in [-0.4, -0.2) is 36.4 Å². The van der Waals surface area contributed by atoms with Crippen molar-refractivity contribution in [3.05, 3.63) is 75.8 Å². The Morgan fingerprint density at radius 2 is 1.85 bits per heavy atom. The number of nitrogens with one attached hydrogen (secondary N) is 1. The van der Waals surface area contributed by atoms with Crippen molar-refractivity contribution in [3.63, 3.8) is 0 Å². The Morgan fingerprint density at radius 1 is 1.06 bits per heavy atom. The highest BCUT2D eigenvalue weighted by atomic mass is 19.1. The van der Waals surface area contributed by atoms with Crippen LogP contribution in [0.15, 0.2) is 53.3 Å². The number of cyclic esters (lactones) is 1. The van der Waals surface area contributed by atoms with Crippen LogP contribution in [0.1, 0.15) is 36.8 Å². The second-order valence-electron chi connectivity index (χ2n) is 8.90. The summed E-state index contributed by atoms with van der Waals surface area (Å²) in [4.78, 5) is 26.3. The standard InChI is InChI=1S/C26H28FN3O3/c1-2-3-17-4-8-20(9-5-17)29-16-21(33-26(29)32)12-13-28-14-19-15-30-23(31)11-7-18-6-10-22(27)24(19)25(18)30/h4-11,19,21,28H,2-3,12-16H2,1H3/t19-,21-/m1/s1. The lowest BCUT2D eigenvalue weighted by molar-refractivity contribution is 0.136. The summed E-state index contributed by atoms with van der Waals surface area (Å²) in [5, 5.41) is 4.26. The predicted molar refractivity (Wildman–Crippen MR) is 126 cm³/mol. The third-order valence-corrected chi connectivity index (χ3v) is 6.64. The van der Waals surface area contributed by atoms with Crippen LogP contribution < -0.4 is 15.8 Å². The van der Waals surface area contributed by atoms with Crippen LogP contribution in [0.4, 0.5) is 14.9 Å². The van der Waals surface area contributed by atoms with Gasteiger partial charge in [-0.05, 0) is 60.7 Å². The second kappa shape index (κ2) is 8.98. The van der Waals surface area contributed by atoms with Crippen LogP contribution in [0, 0.1) is 5.82 Å². The molecule has 1 aromatic heterocycles. The average molecular weight is 450 g/mol. The van der Waals surface area contributed by atoms with E-state index in [0.717, 1.165) is 23.9 Å². The molecule has 0 spiro atoms. The van der Waals surface area contributed by atoms with Crippen molar-refractivity contribution in [2.24, 2.45) is 0 Å². The number of pyridine rings is 1. The topological polar surface area (TPSA) is 63.6 Å². The number of hydrogen-bond donors (Lipinski definition) is 1. The SMILES string of the molecule is CCCc1ccc(N2C[C@@H](CCNC[C@@H]3Cn4c(=O)ccc5ccc(F)c3c54)OC2=O)cc1. The number of ether oxygens (including phenoxy) is 1. The van der Waals surface area contributed by atoms with Crippen molar-refractivity contribution in [3.8, 4) is 0 Å². The summed E-state index contributed by atoms with van der Waals surface area (Å²) in [6.45, 7) is 4.33. The fourth-order valence-corrected chi connectivity index (χ4v) is 5.00. The molecule has 3 aromatic rings. The summed E-state index contributed by atoms with van der Waals surface area (Å²) in [6.07, 6.45) is 2.28. The summed E-state index contributed by atoms with van der Waals surface area (Å²) in [6, 6.07) is 14.6. The lowest BCUT2D eigenvalue weighted by Crippen LogP contribution is -2.28. The Hall–Kier alpha value is -3.19. The van der Waals surface area contributed by atoms with E-state index in [-0.39, 0.29) is 29.5 Å². The molecule has 0 saturated carbocycles. The number of carbonyl (C=O) groups is 1. The third-order valence-electron chi connectivity index (χ3n) is 6.64. The number of benzene rings is 2. The fourth-order valence-electron chi connectivity index (χ4n) is 5.00. The van der Waals surface area contributed by atoms with Gasteiger partial charge in [0.25, 0.3) is 5.56 Å². The molecule has 1 fully saturated rings. The lowest BCUT2D eigenvalue weighted by atomic mass is 9.99. The molecule has 2 aliphatic heterocycles. The van der Waals surface area contributed by atoms with Gasteiger partial charge in [0.2, 0.25) is 0 Å². The molecule has 0 radical (unpaired) electrons. The first-order valence-corrected chi connectivity index (χ1v) is 11.6. The van der Waals surface area contributed by atoms with E-state index in [2.05, 4.69) is 24.4 Å². The number of hydrogen-bond acceptors (Lipinski definition) is 4. The highest BCUT2D eigenvalue weighted by molar-refractivity contribution is 5.89. The summed E-state index contributed by atoms with van der Waals surface area (Å²) in [5.74, 6) is -0.371. The fraction of sp³-hybridized carbons (Fsp3) is 0.385. The second-order valence-corrected chi connectivity index (χ2v) is 8.90. The van der Waals surface area contributed by atoms with Crippen molar-refractivity contribution in [2.45, 2.75) is 44.8 Å². The van der Waals surface area contributed by atoms with Crippen LogP contribution in [0.3, 0.4) is 0 Å². The number of amides is 1. The molecular weight excluding hydrogens is 421 g/mol. The number of rotatable bonds is 8. The molecule has 7 heteroatoms. The smallest absolute Gasteiger partial charge is 0.414 e. The Kier molecular flexibility index (Phi) is 5.89. The molecule has 1 saturated heterocycles. The van der Waals surface area contributed by atoms with Crippen LogP contribution in [0.2, 0.25) is 0 Å². The van der Waals surface area contributed by atoms with Gasteiger partial charge in [-0.15, -0.1) is 0 Å². The molecule has 0 bridgehead atoms. The predicted octanol–water partition coefficient (Wildman–Crippen LogP) is 4.20. The van der Waals surface area contributed by atoms with Gasteiger partial charge in [0.05, 0.1) is 12.1 Å². The monoisotopic (exact) mass is 449 g/mol. The molecule has 0 aliphatic carbocycles. The van der Waals surface area contributed by atoms with Gasteiger partial charge < -0.3 is 14.6 Å². The first kappa shape index (κ1) is 21.6. The van der Waals surface area contributed by atoms with E-state index in [4.69, 9.17) is 4.74 Å². The van der Waals surface area contributed by atoms with E-state index in [1.807, 2.05) is 12.1 Å². The largest absolute Gasteiger partial charge is 0.444 e. The molecule has 172 valence electrons.